The van der Waals surface area contributed by atoms with Crippen LogP contribution >= 0.6 is 34.5 Å². The van der Waals surface area contributed by atoms with E-state index in [0.717, 1.165) is 30.5 Å². The van der Waals surface area contributed by atoms with Crippen LogP contribution in [-0.4, -0.2) is 66.4 Å². The van der Waals surface area contributed by atoms with Gasteiger partial charge in [0, 0.05) is 23.5 Å². The second-order valence-corrected chi connectivity index (χ2v) is 15.2. The van der Waals surface area contributed by atoms with Crippen molar-refractivity contribution >= 4 is 67.9 Å². The summed E-state index contributed by atoms with van der Waals surface area (Å²) in [6.45, 7) is 12.7. The Bertz CT molecular complexity index is 1490. The van der Waals surface area contributed by atoms with Gasteiger partial charge in [-0.2, -0.15) is 0 Å². The number of benzene rings is 1. The number of anilines is 1. The van der Waals surface area contributed by atoms with Crippen LogP contribution in [0.2, 0.25) is 10.0 Å². The maximum atomic E-state index is 13.6. The molecule has 47 heavy (non-hydrogen) atoms. The first-order valence-electron chi connectivity index (χ1n) is 14.7. The minimum atomic E-state index is -3.26. The highest BCUT2D eigenvalue weighted by molar-refractivity contribution is 7.90. The number of hydrogen-bond acceptors (Lipinski definition) is 8. The Kier molecular flexibility index (Phi) is 17.0. The van der Waals surface area contributed by atoms with Gasteiger partial charge in [-0.25, -0.2) is 13.4 Å². The zero-order valence-corrected chi connectivity index (χ0v) is 30.0. The molecule has 2 atom stereocenters. The minimum absolute atomic E-state index is 0.0258. The highest BCUT2D eigenvalue weighted by Crippen LogP contribution is 2.33. The van der Waals surface area contributed by atoms with Crippen LogP contribution in [0.1, 0.15) is 59.3 Å². The Balaban J connectivity index is 0.000000620. The second-order valence-electron chi connectivity index (χ2n) is 11.6. The molecule has 1 aromatic carbocycles. The van der Waals surface area contributed by atoms with E-state index in [1.807, 2.05) is 32.2 Å². The van der Waals surface area contributed by atoms with E-state index in [1.165, 1.54) is 11.3 Å². The summed E-state index contributed by atoms with van der Waals surface area (Å²) in [6, 6.07) is 4.77. The summed E-state index contributed by atoms with van der Waals surface area (Å²) >= 11 is 13.6. The lowest BCUT2D eigenvalue weighted by Gasteiger charge is -2.35. The molecule has 2 aromatic rings. The van der Waals surface area contributed by atoms with Crippen molar-refractivity contribution in [2.45, 2.75) is 82.7 Å². The van der Waals surface area contributed by atoms with Gasteiger partial charge < -0.3 is 15.5 Å². The molecule has 0 unspecified atom stereocenters. The van der Waals surface area contributed by atoms with E-state index >= 15 is 0 Å². The van der Waals surface area contributed by atoms with Crippen molar-refractivity contribution in [1.82, 2.24) is 19.9 Å². The number of amides is 3. The molecule has 2 aliphatic carbocycles. The van der Waals surface area contributed by atoms with Crippen molar-refractivity contribution in [3.8, 4) is 37.0 Å². The average molecular weight is 725 g/mol. The third-order valence-corrected chi connectivity index (χ3v) is 10.3. The number of likely N-dealkylation sites (tertiary alicyclic amines) is 1. The number of hydrogen-bond donors (Lipinski definition) is 3. The molecule has 5 rings (SSSR count). The standard InChI is InChI=1S/C23H28Cl2N4O2S.C4H7NO3S.C2H4.2C2H2/c1-23(2,3)19(21(31)29-10-4-5-18(29)20(30)26-14-7-8-14)28-22-27-17(12-32-22)13-6-9-15(24)16(25)11-13;6-3-5-9(7,8)4-1-2-4;3*1-2/h6,9,11-12,14,18-19H,4-5,7-8,10H2,1-3H3,(H,26,30)(H,27,28);3-4H,1-2H2,(H,5,6);1-2H2;2*1-2H/t18-,19+;;;;/m0..../s1. The number of aromatic nitrogens is 1. The molecule has 0 radical (unpaired) electrons. The van der Waals surface area contributed by atoms with Gasteiger partial charge in [0.05, 0.1) is 21.0 Å². The van der Waals surface area contributed by atoms with Crippen LogP contribution in [0.4, 0.5) is 5.13 Å². The van der Waals surface area contributed by atoms with Crippen LogP contribution in [0.25, 0.3) is 11.3 Å². The van der Waals surface area contributed by atoms with E-state index in [4.69, 9.17) is 23.2 Å². The molecule has 1 saturated heterocycles. The normalized spacial score (nSPS) is 17.2. The van der Waals surface area contributed by atoms with Gasteiger partial charge in [-0.15, -0.1) is 50.2 Å². The molecule has 1 aliphatic heterocycles. The number of halogens is 2. The summed E-state index contributed by atoms with van der Waals surface area (Å²) in [6.07, 6.45) is 21.2. The lowest BCUT2D eigenvalue weighted by Crippen LogP contribution is -2.54. The van der Waals surface area contributed by atoms with Gasteiger partial charge >= 0.3 is 0 Å². The molecule has 1 aromatic heterocycles. The first kappa shape index (κ1) is 41.5. The fraction of sp³-hybridized carbons (Fsp3) is 0.455. The lowest BCUT2D eigenvalue weighted by molar-refractivity contribution is -0.140. The molecule has 10 nitrogen and oxygen atoms in total. The van der Waals surface area contributed by atoms with Gasteiger partial charge in [-0.3, -0.25) is 19.1 Å². The summed E-state index contributed by atoms with van der Waals surface area (Å²) in [5, 5.41) is 9.64. The molecule has 256 valence electrons. The molecular weight excluding hydrogens is 681 g/mol. The Labute approximate surface area is 293 Å². The minimum Gasteiger partial charge on any atom is -0.352 e. The predicted octanol–water partition coefficient (Wildman–Crippen LogP) is 5.74. The lowest BCUT2D eigenvalue weighted by atomic mass is 9.85. The number of terminal acetylenes is 2. The molecule has 2 saturated carbocycles. The van der Waals surface area contributed by atoms with E-state index < -0.39 is 22.1 Å². The van der Waals surface area contributed by atoms with E-state index in [2.05, 4.69) is 54.5 Å². The maximum absolute atomic E-state index is 13.6. The van der Waals surface area contributed by atoms with Crippen molar-refractivity contribution in [2.24, 2.45) is 5.41 Å². The molecular formula is C33H43Cl2N5O5S2. The average Bonchev–Trinajstić information content (AvgIpc) is 3.97. The van der Waals surface area contributed by atoms with Gasteiger partial charge in [0.2, 0.25) is 28.2 Å². The topological polar surface area (TPSA) is 138 Å². The Morgan fingerprint density at radius 1 is 1.06 bits per heavy atom. The van der Waals surface area contributed by atoms with Gasteiger partial charge in [0.1, 0.15) is 12.1 Å². The van der Waals surface area contributed by atoms with Gasteiger partial charge in [0.25, 0.3) is 0 Å². The zero-order chi connectivity index (χ0) is 35.9. The zero-order valence-electron chi connectivity index (χ0n) is 26.9. The first-order chi connectivity index (χ1) is 22.3. The van der Waals surface area contributed by atoms with Crippen molar-refractivity contribution in [3.63, 3.8) is 0 Å². The summed E-state index contributed by atoms with van der Waals surface area (Å²) < 4.78 is 23.1. The molecule has 3 N–H and O–H groups in total. The van der Waals surface area contributed by atoms with Crippen LogP contribution in [0, 0.1) is 31.1 Å². The Morgan fingerprint density at radius 2 is 1.68 bits per heavy atom. The monoisotopic (exact) mass is 723 g/mol. The summed E-state index contributed by atoms with van der Waals surface area (Å²) in [5.41, 5.74) is 1.25. The molecule has 3 amide bonds. The summed E-state index contributed by atoms with van der Waals surface area (Å²) in [5.74, 6) is -0.0839. The number of nitrogens with one attached hydrogen (secondary N) is 3. The van der Waals surface area contributed by atoms with Crippen molar-refractivity contribution in [1.29, 1.82) is 0 Å². The third kappa shape index (κ3) is 12.5. The summed E-state index contributed by atoms with van der Waals surface area (Å²) in [7, 11) is -3.26. The molecule has 14 heteroatoms. The number of carbonyl (C=O) groups is 3. The molecule has 0 spiro atoms. The quantitative estimate of drug-likeness (QED) is 0.171. The largest absolute Gasteiger partial charge is 0.352 e. The van der Waals surface area contributed by atoms with Gasteiger partial charge in [-0.1, -0.05) is 50.0 Å². The number of carbonyl (C=O) groups excluding carboxylic acids is 3. The predicted molar refractivity (Wildman–Crippen MR) is 193 cm³/mol. The second kappa shape index (κ2) is 19.3. The van der Waals surface area contributed by atoms with Crippen LogP contribution in [0.3, 0.4) is 0 Å². The number of sulfonamides is 1. The fourth-order valence-corrected chi connectivity index (χ4v) is 6.57. The summed E-state index contributed by atoms with van der Waals surface area (Å²) in [4.78, 5) is 42.4. The first-order valence-corrected chi connectivity index (χ1v) is 17.9. The number of nitrogens with zero attached hydrogens (tertiary/aromatic N) is 2. The van der Waals surface area contributed by atoms with E-state index in [0.29, 0.717) is 41.0 Å². The molecule has 0 bridgehead atoms. The SMILES string of the molecule is C#C.C#C.C=C.CC(C)(C)[C@H](Nc1nc(-c2ccc(Cl)c(Cl)c2)cs1)C(=O)N1CCC[C@H]1C(=O)NC1CC1.O=CNS(=O)(=O)C1CC1. The van der Waals surface area contributed by atoms with Crippen molar-refractivity contribution in [2.75, 3.05) is 11.9 Å². The molecule has 2 heterocycles. The third-order valence-electron chi connectivity index (χ3n) is 7.04. The van der Waals surface area contributed by atoms with Gasteiger partial charge in [0.15, 0.2) is 5.13 Å². The van der Waals surface area contributed by atoms with Crippen molar-refractivity contribution in [3.05, 3.63) is 46.8 Å². The van der Waals surface area contributed by atoms with Crippen LogP contribution in [0.5, 0.6) is 0 Å². The smallest absolute Gasteiger partial charge is 0.246 e. The van der Waals surface area contributed by atoms with Crippen molar-refractivity contribution < 1.29 is 22.8 Å². The Hall–Kier alpha value is -3.55. The molecule has 3 aliphatic rings. The highest BCUT2D eigenvalue weighted by Gasteiger charge is 2.42. The Morgan fingerprint density at radius 3 is 2.19 bits per heavy atom. The highest BCUT2D eigenvalue weighted by atomic mass is 35.5. The van der Waals surface area contributed by atoms with Crippen LogP contribution in [0.15, 0.2) is 36.7 Å². The molecule has 3 fully saturated rings. The number of thiazole rings is 1. The van der Waals surface area contributed by atoms with Crippen LogP contribution < -0.4 is 15.4 Å². The van der Waals surface area contributed by atoms with Crippen LogP contribution in [-0.2, 0) is 24.4 Å². The fourth-order valence-electron chi connectivity index (χ4n) is 4.44. The number of rotatable bonds is 9. The van der Waals surface area contributed by atoms with E-state index in [-0.39, 0.29) is 34.9 Å². The maximum Gasteiger partial charge on any atom is 0.246 e. The van der Waals surface area contributed by atoms with E-state index in [9.17, 15) is 22.8 Å². The van der Waals surface area contributed by atoms with E-state index in [1.54, 1.807) is 21.8 Å². The van der Waals surface area contributed by atoms with Gasteiger partial charge in [-0.05, 0) is 56.1 Å².